The third-order valence-electron chi connectivity index (χ3n) is 3.04. The lowest BCUT2D eigenvalue weighted by Gasteiger charge is -2.17. The van der Waals surface area contributed by atoms with E-state index in [1.165, 1.54) is 7.11 Å². The number of pyridine rings is 1. The highest BCUT2D eigenvalue weighted by atomic mass is 35.5. The van der Waals surface area contributed by atoms with E-state index in [0.717, 1.165) is 5.56 Å². The summed E-state index contributed by atoms with van der Waals surface area (Å²) in [5.41, 5.74) is 4.01. The Hall–Kier alpha value is -1.69. The summed E-state index contributed by atoms with van der Waals surface area (Å²) in [4.78, 5) is 4.00. The molecular formula is C14H15ClFN3O. The van der Waals surface area contributed by atoms with Crippen molar-refractivity contribution in [2.45, 2.75) is 12.5 Å². The summed E-state index contributed by atoms with van der Waals surface area (Å²) in [6.45, 7) is 0. The number of nitrogens with one attached hydrogen (secondary N) is 1. The van der Waals surface area contributed by atoms with Gasteiger partial charge >= 0.3 is 0 Å². The molecule has 20 heavy (non-hydrogen) atoms. The molecule has 106 valence electrons. The van der Waals surface area contributed by atoms with E-state index in [-0.39, 0.29) is 17.6 Å². The van der Waals surface area contributed by atoms with E-state index in [1.807, 2.05) is 0 Å². The molecule has 1 unspecified atom stereocenters. The summed E-state index contributed by atoms with van der Waals surface area (Å²) in [5.74, 6) is 5.38. The molecule has 0 amide bonds. The van der Waals surface area contributed by atoms with E-state index in [1.54, 1.807) is 36.5 Å². The maximum Gasteiger partial charge on any atom is 0.168 e. The number of nitrogens with zero attached hydrogens (tertiary/aromatic N) is 1. The zero-order valence-electron chi connectivity index (χ0n) is 10.9. The number of hydrazine groups is 1. The first-order valence-electron chi connectivity index (χ1n) is 6.04. The molecule has 2 aromatic rings. The second kappa shape index (κ2) is 6.65. The summed E-state index contributed by atoms with van der Waals surface area (Å²) in [7, 11) is 1.43. The molecule has 1 aromatic heterocycles. The van der Waals surface area contributed by atoms with E-state index < -0.39 is 0 Å². The van der Waals surface area contributed by atoms with Crippen molar-refractivity contribution >= 4 is 11.6 Å². The smallest absolute Gasteiger partial charge is 0.168 e. The Morgan fingerprint density at radius 1 is 1.40 bits per heavy atom. The van der Waals surface area contributed by atoms with Crippen molar-refractivity contribution in [2.24, 2.45) is 5.84 Å². The summed E-state index contributed by atoms with van der Waals surface area (Å²) >= 11 is 5.75. The highest BCUT2D eigenvalue weighted by Gasteiger charge is 2.15. The number of aromatic nitrogens is 1. The first-order chi connectivity index (χ1) is 9.65. The van der Waals surface area contributed by atoms with Gasteiger partial charge in [-0.25, -0.2) is 9.37 Å². The van der Waals surface area contributed by atoms with Crippen LogP contribution in [0.25, 0.3) is 0 Å². The van der Waals surface area contributed by atoms with Crippen molar-refractivity contribution in [2.75, 3.05) is 7.11 Å². The monoisotopic (exact) mass is 295 g/mol. The minimum atomic E-state index is -0.378. The fraction of sp³-hybridized carbons (Fsp3) is 0.214. The van der Waals surface area contributed by atoms with Gasteiger partial charge in [-0.15, -0.1) is 0 Å². The lowest BCUT2D eigenvalue weighted by Crippen LogP contribution is -2.30. The SMILES string of the molecule is COc1cccc(CC(NN)c2ccc(Cl)nc2)c1F. The molecule has 0 aliphatic heterocycles. The van der Waals surface area contributed by atoms with Crippen LogP contribution >= 0.6 is 11.6 Å². The molecule has 0 saturated carbocycles. The molecule has 6 heteroatoms. The fourth-order valence-corrected chi connectivity index (χ4v) is 2.07. The van der Waals surface area contributed by atoms with Crippen LogP contribution in [0.15, 0.2) is 36.5 Å². The molecule has 0 saturated heterocycles. The van der Waals surface area contributed by atoms with Crippen LogP contribution in [0.3, 0.4) is 0 Å². The fourth-order valence-electron chi connectivity index (χ4n) is 1.96. The van der Waals surface area contributed by atoms with Gasteiger partial charge in [0.25, 0.3) is 0 Å². The van der Waals surface area contributed by atoms with Crippen molar-refractivity contribution in [1.82, 2.24) is 10.4 Å². The van der Waals surface area contributed by atoms with Gasteiger partial charge in [0.1, 0.15) is 5.15 Å². The van der Waals surface area contributed by atoms with Gasteiger partial charge in [0, 0.05) is 6.20 Å². The molecule has 0 bridgehead atoms. The predicted octanol–water partition coefficient (Wildman–Crippen LogP) is 2.63. The first-order valence-corrected chi connectivity index (χ1v) is 6.42. The number of hydrogen-bond donors (Lipinski definition) is 2. The minimum Gasteiger partial charge on any atom is -0.494 e. The van der Waals surface area contributed by atoms with Gasteiger partial charge in [0.15, 0.2) is 11.6 Å². The lowest BCUT2D eigenvalue weighted by atomic mass is 10.00. The summed E-state index contributed by atoms with van der Waals surface area (Å²) in [6.07, 6.45) is 1.99. The Morgan fingerprint density at radius 3 is 2.80 bits per heavy atom. The van der Waals surface area contributed by atoms with Crippen LogP contribution in [0, 0.1) is 5.82 Å². The predicted molar refractivity (Wildman–Crippen MR) is 76.0 cm³/mol. The maximum atomic E-state index is 14.1. The summed E-state index contributed by atoms with van der Waals surface area (Å²) in [6, 6.07) is 8.23. The number of hydrogen-bond acceptors (Lipinski definition) is 4. The Bertz CT molecular complexity index is 577. The van der Waals surface area contributed by atoms with E-state index in [4.69, 9.17) is 22.2 Å². The van der Waals surface area contributed by atoms with Crippen molar-refractivity contribution < 1.29 is 9.13 Å². The molecule has 4 nitrogen and oxygen atoms in total. The Balaban J connectivity index is 2.24. The Morgan fingerprint density at radius 2 is 2.20 bits per heavy atom. The standard InChI is InChI=1S/C14H15ClFN3O/c1-20-12-4-2-3-9(14(12)16)7-11(19-17)10-5-6-13(15)18-8-10/h2-6,8,11,19H,7,17H2,1H3. The third-order valence-corrected chi connectivity index (χ3v) is 3.26. The van der Waals surface area contributed by atoms with Crippen molar-refractivity contribution in [1.29, 1.82) is 0 Å². The van der Waals surface area contributed by atoms with Gasteiger partial charge in [-0.05, 0) is 29.7 Å². The topological polar surface area (TPSA) is 60.2 Å². The number of methoxy groups -OCH3 is 1. The molecule has 0 radical (unpaired) electrons. The van der Waals surface area contributed by atoms with Gasteiger partial charge in [0.2, 0.25) is 0 Å². The van der Waals surface area contributed by atoms with Crippen LogP contribution in [-0.4, -0.2) is 12.1 Å². The lowest BCUT2D eigenvalue weighted by molar-refractivity contribution is 0.382. The number of ether oxygens (including phenoxy) is 1. The van der Waals surface area contributed by atoms with Gasteiger partial charge < -0.3 is 4.74 Å². The molecule has 0 spiro atoms. The van der Waals surface area contributed by atoms with Crippen LogP contribution < -0.4 is 16.0 Å². The first kappa shape index (κ1) is 14.7. The molecule has 1 heterocycles. The van der Waals surface area contributed by atoms with Crippen LogP contribution in [0.4, 0.5) is 4.39 Å². The second-order valence-corrected chi connectivity index (χ2v) is 4.66. The van der Waals surface area contributed by atoms with Gasteiger partial charge in [-0.3, -0.25) is 11.3 Å². The third kappa shape index (κ3) is 3.25. The molecular weight excluding hydrogens is 281 g/mol. The maximum absolute atomic E-state index is 14.1. The largest absolute Gasteiger partial charge is 0.494 e. The van der Waals surface area contributed by atoms with Gasteiger partial charge in [0.05, 0.1) is 13.2 Å². The molecule has 0 fully saturated rings. The van der Waals surface area contributed by atoms with E-state index in [9.17, 15) is 4.39 Å². The number of rotatable bonds is 5. The minimum absolute atomic E-state index is 0.215. The number of nitrogens with two attached hydrogens (primary N) is 1. The average molecular weight is 296 g/mol. The molecule has 1 atom stereocenters. The summed E-state index contributed by atoms with van der Waals surface area (Å²) < 4.78 is 19.1. The van der Waals surface area contributed by atoms with Crippen LogP contribution in [0.1, 0.15) is 17.2 Å². The van der Waals surface area contributed by atoms with Crippen LogP contribution in [0.2, 0.25) is 5.15 Å². The zero-order chi connectivity index (χ0) is 14.5. The van der Waals surface area contributed by atoms with E-state index in [0.29, 0.717) is 17.1 Å². The number of halogens is 2. The highest BCUT2D eigenvalue weighted by molar-refractivity contribution is 6.29. The molecule has 0 aliphatic carbocycles. The van der Waals surface area contributed by atoms with Crippen molar-refractivity contribution in [3.8, 4) is 5.75 Å². The van der Waals surface area contributed by atoms with E-state index >= 15 is 0 Å². The molecule has 0 aliphatic rings. The number of benzene rings is 1. The van der Waals surface area contributed by atoms with Crippen LogP contribution in [-0.2, 0) is 6.42 Å². The van der Waals surface area contributed by atoms with Gasteiger partial charge in [-0.2, -0.15) is 0 Å². The average Bonchev–Trinajstić information content (AvgIpc) is 2.47. The zero-order valence-corrected chi connectivity index (χ0v) is 11.7. The Kier molecular flexibility index (Phi) is 4.89. The van der Waals surface area contributed by atoms with E-state index in [2.05, 4.69) is 10.4 Å². The van der Waals surface area contributed by atoms with Crippen molar-refractivity contribution in [3.63, 3.8) is 0 Å². The molecule has 2 rings (SSSR count). The van der Waals surface area contributed by atoms with Crippen LogP contribution in [0.5, 0.6) is 5.75 Å². The summed E-state index contributed by atoms with van der Waals surface area (Å²) in [5, 5.41) is 0.400. The normalized spacial score (nSPS) is 12.2. The van der Waals surface area contributed by atoms with Gasteiger partial charge in [-0.1, -0.05) is 29.8 Å². The highest BCUT2D eigenvalue weighted by Crippen LogP contribution is 2.25. The Labute approximate surface area is 121 Å². The quantitative estimate of drug-likeness (QED) is 0.506. The second-order valence-electron chi connectivity index (χ2n) is 4.27. The molecule has 3 N–H and O–H groups in total. The molecule has 1 aromatic carbocycles. The van der Waals surface area contributed by atoms with Crippen molar-refractivity contribution in [3.05, 3.63) is 58.6 Å².